The van der Waals surface area contributed by atoms with Gasteiger partial charge >= 0.3 is 0 Å². The van der Waals surface area contributed by atoms with Gasteiger partial charge in [-0.1, -0.05) is 86.8 Å². The van der Waals surface area contributed by atoms with Gasteiger partial charge in [-0.05, 0) is 40.1 Å². The first-order valence-electron chi connectivity index (χ1n) is 11.1. The molecule has 0 aromatic heterocycles. The molecule has 0 unspecified atom stereocenters. The molecule has 31 heavy (non-hydrogen) atoms. The minimum Gasteiger partial charge on any atom is -0.493 e. The number of methoxy groups -OCH3 is 1. The van der Waals surface area contributed by atoms with E-state index in [1.165, 1.54) is 30.0 Å². The number of hydrogen-bond acceptors (Lipinski definition) is 3. The van der Waals surface area contributed by atoms with E-state index in [2.05, 4.69) is 73.7 Å². The van der Waals surface area contributed by atoms with Crippen molar-refractivity contribution in [3.63, 3.8) is 0 Å². The molecule has 0 bridgehead atoms. The lowest BCUT2D eigenvalue weighted by molar-refractivity contribution is 0.0516. The average molecular weight is 415 g/mol. The third-order valence-electron chi connectivity index (χ3n) is 5.62. The van der Waals surface area contributed by atoms with E-state index in [0.29, 0.717) is 6.61 Å². The molecule has 3 heteroatoms. The Labute approximate surface area is 184 Å². The van der Waals surface area contributed by atoms with Crippen molar-refractivity contribution in [2.45, 2.75) is 32.6 Å². The summed E-state index contributed by atoms with van der Waals surface area (Å²) in [4.78, 5) is 0. The molecule has 4 aromatic rings. The second-order valence-electron chi connectivity index (χ2n) is 7.78. The zero-order valence-corrected chi connectivity index (χ0v) is 18.4. The molecule has 0 aliphatic rings. The zero-order valence-electron chi connectivity index (χ0n) is 18.4. The number of fused-ring (bicyclic) bond motifs is 2. The predicted molar refractivity (Wildman–Crippen MR) is 129 cm³/mol. The molecule has 0 saturated heterocycles. The van der Waals surface area contributed by atoms with E-state index in [1.807, 2.05) is 6.07 Å². The van der Waals surface area contributed by atoms with Crippen molar-refractivity contribution in [1.29, 1.82) is 0 Å². The number of unbranched alkanes of at least 4 members (excludes halogenated alkanes) is 3. The van der Waals surface area contributed by atoms with Gasteiger partial charge in [0.2, 0.25) is 0 Å². The Morgan fingerprint density at radius 1 is 0.613 bits per heavy atom. The van der Waals surface area contributed by atoms with Crippen LogP contribution in [0.5, 0.6) is 11.5 Å². The van der Waals surface area contributed by atoms with Crippen molar-refractivity contribution in [2.75, 3.05) is 20.5 Å². The van der Waals surface area contributed by atoms with Gasteiger partial charge in [-0.3, -0.25) is 0 Å². The molecular formula is C28H30O3. The lowest BCUT2D eigenvalue weighted by Crippen LogP contribution is -2.03. The van der Waals surface area contributed by atoms with Gasteiger partial charge in [-0.15, -0.1) is 0 Å². The summed E-state index contributed by atoms with van der Waals surface area (Å²) < 4.78 is 17.6. The van der Waals surface area contributed by atoms with Gasteiger partial charge in [0.1, 0.15) is 11.5 Å². The molecule has 0 aliphatic carbocycles. The maximum atomic E-state index is 6.37. The molecular weight excluding hydrogens is 384 g/mol. The van der Waals surface area contributed by atoms with Crippen molar-refractivity contribution in [2.24, 2.45) is 0 Å². The quantitative estimate of drug-likeness (QED) is 0.197. The van der Waals surface area contributed by atoms with E-state index < -0.39 is 0 Å². The number of ether oxygens (including phenoxy) is 3. The molecule has 0 amide bonds. The zero-order chi connectivity index (χ0) is 21.5. The van der Waals surface area contributed by atoms with Crippen LogP contribution in [-0.4, -0.2) is 20.5 Å². The highest BCUT2D eigenvalue weighted by atomic mass is 16.7. The second-order valence-corrected chi connectivity index (χ2v) is 7.78. The third kappa shape index (κ3) is 4.67. The van der Waals surface area contributed by atoms with Crippen molar-refractivity contribution in [3.05, 3.63) is 72.8 Å². The van der Waals surface area contributed by atoms with Gasteiger partial charge < -0.3 is 14.2 Å². The molecule has 0 atom stereocenters. The number of rotatable bonds is 10. The van der Waals surface area contributed by atoms with Crippen molar-refractivity contribution in [3.8, 4) is 22.6 Å². The van der Waals surface area contributed by atoms with Crippen LogP contribution in [0.2, 0.25) is 0 Å². The fourth-order valence-electron chi connectivity index (χ4n) is 4.09. The van der Waals surface area contributed by atoms with Crippen LogP contribution in [0.3, 0.4) is 0 Å². The van der Waals surface area contributed by atoms with Gasteiger partial charge in [-0.2, -0.15) is 0 Å². The van der Waals surface area contributed by atoms with Gasteiger partial charge in [0.15, 0.2) is 6.79 Å². The van der Waals surface area contributed by atoms with E-state index in [0.717, 1.165) is 39.8 Å². The lowest BCUT2D eigenvalue weighted by Gasteiger charge is -2.19. The second kappa shape index (κ2) is 10.3. The Bertz CT molecular complexity index is 1150. The molecule has 0 spiro atoms. The average Bonchev–Trinajstić information content (AvgIpc) is 2.82. The van der Waals surface area contributed by atoms with Crippen LogP contribution in [0.4, 0.5) is 0 Å². The van der Waals surface area contributed by atoms with Crippen LogP contribution in [-0.2, 0) is 4.74 Å². The largest absolute Gasteiger partial charge is 0.493 e. The predicted octanol–water partition coefficient (Wildman–Crippen LogP) is 7.60. The molecule has 4 aromatic carbocycles. The first-order chi connectivity index (χ1) is 15.3. The maximum absolute atomic E-state index is 6.37. The van der Waals surface area contributed by atoms with E-state index in [1.54, 1.807) is 7.11 Å². The minimum atomic E-state index is 0.198. The highest BCUT2D eigenvalue weighted by Gasteiger charge is 2.19. The smallest absolute Gasteiger partial charge is 0.188 e. The van der Waals surface area contributed by atoms with Crippen molar-refractivity contribution < 1.29 is 14.2 Å². The van der Waals surface area contributed by atoms with Crippen LogP contribution in [0.25, 0.3) is 32.7 Å². The molecule has 0 radical (unpaired) electrons. The fraction of sp³-hybridized carbons (Fsp3) is 0.286. The Morgan fingerprint density at radius 2 is 1.19 bits per heavy atom. The van der Waals surface area contributed by atoms with Crippen LogP contribution < -0.4 is 9.47 Å². The minimum absolute atomic E-state index is 0.198. The van der Waals surface area contributed by atoms with Gasteiger partial charge in [0.05, 0.1) is 6.61 Å². The summed E-state index contributed by atoms with van der Waals surface area (Å²) in [6.45, 7) is 3.14. The number of benzene rings is 4. The Morgan fingerprint density at radius 3 is 1.77 bits per heavy atom. The molecule has 0 fully saturated rings. The standard InChI is InChI=1S/C28H30O3/c1-3-4-5-10-19-30-25-17-15-21-11-6-8-13-23(21)27(25)28-24-14-9-7-12-22(24)16-18-26(28)31-20-29-2/h6-9,11-18H,3-5,10,19-20H2,1-2H3. The summed E-state index contributed by atoms with van der Waals surface area (Å²) in [7, 11) is 1.64. The monoisotopic (exact) mass is 414 g/mol. The summed E-state index contributed by atoms with van der Waals surface area (Å²) in [6, 6.07) is 25.2. The summed E-state index contributed by atoms with van der Waals surface area (Å²) in [5.74, 6) is 1.70. The molecule has 0 N–H and O–H groups in total. The third-order valence-corrected chi connectivity index (χ3v) is 5.62. The number of hydrogen-bond donors (Lipinski definition) is 0. The summed E-state index contributed by atoms with van der Waals surface area (Å²) >= 11 is 0. The molecule has 160 valence electrons. The first kappa shape index (κ1) is 21.2. The fourth-order valence-corrected chi connectivity index (χ4v) is 4.09. The van der Waals surface area contributed by atoms with Crippen molar-refractivity contribution >= 4 is 21.5 Å². The first-order valence-corrected chi connectivity index (χ1v) is 11.1. The summed E-state index contributed by atoms with van der Waals surface area (Å²) in [5, 5.41) is 4.65. The Kier molecular flexibility index (Phi) is 7.06. The Balaban J connectivity index is 1.89. The van der Waals surface area contributed by atoms with E-state index in [4.69, 9.17) is 14.2 Å². The van der Waals surface area contributed by atoms with Crippen LogP contribution in [0.1, 0.15) is 32.6 Å². The lowest BCUT2D eigenvalue weighted by atomic mass is 9.92. The SMILES string of the molecule is CCCCCCOc1ccc2ccccc2c1-c1c(OCOC)ccc2ccccc12. The van der Waals surface area contributed by atoms with Crippen LogP contribution in [0.15, 0.2) is 72.8 Å². The molecule has 4 rings (SSSR count). The normalized spacial score (nSPS) is 11.2. The summed E-state index contributed by atoms with van der Waals surface area (Å²) in [5.41, 5.74) is 2.13. The van der Waals surface area contributed by atoms with Crippen LogP contribution >= 0.6 is 0 Å². The molecule has 0 saturated carbocycles. The van der Waals surface area contributed by atoms with Crippen molar-refractivity contribution in [1.82, 2.24) is 0 Å². The maximum Gasteiger partial charge on any atom is 0.188 e. The van der Waals surface area contributed by atoms with Crippen LogP contribution in [0, 0.1) is 0 Å². The summed E-state index contributed by atoms with van der Waals surface area (Å²) in [6.07, 6.45) is 4.71. The van der Waals surface area contributed by atoms with Gasteiger partial charge in [0, 0.05) is 18.2 Å². The molecule has 0 heterocycles. The van der Waals surface area contributed by atoms with Gasteiger partial charge in [0.25, 0.3) is 0 Å². The van der Waals surface area contributed by atoms with E-state index in [9.17, 15) is 0 Å². The highest BCUT2D eigenvalue weighted by Crippen LogP contribution is 2.45. The molecule has 0 aliphatic heterocycles. The van der Waals surface area contributed by atoms with E-state index >= 15 is 0 Å². The molecule has 3 nitrogen and oxygen atoms in total. The Hall–Kier alpha value is -3.04. The van der Waals surface area contributed by atoms with E-state index in [-0.39, 0.29) is 6.79 Å². The highest BCUT2D eigenvalue weighted by molar-refractivity contribution is 6.09. The van der Waals surface area contributed by atoms with Gasteiger partial charge in [-0.25, -0.2) is 0 Å². The topological polar surface area (TPSA) is 27.7 Å².